The molecule has 102 valence electrons. The molecule has 0 aliphatic rings. The van der Waals surface area contributed by atoms with Gasteiger partial charge in [-0.2, -0.15) is 5.26 Å². The molecule has 20 heavy (non-hydrogen) atoms. The molecule has 7 heteroatoms. The number of aliphatic carboxylic acids is 1. The molecule has 0 unspecified atom stereocenters. The Morgan fingerprint density at radius 2 is 2.35 bits per heavy atom. The zero-order valence-electron chi connectivity index (χ0n) is 10.9. The first-order chi connectivity index (χ1) is 9.58. The Bertz CT molecular complexity index is 672. The van der Waals surface area contributed by atoms with Crippen LogP contribution in [0.15, 0.2) is 24.4 Å². The fourth-order valence-corrected chi connectivity index (χ4v) is 1.72. The molecule has 2 N–H and O–H groups in total. The van der Waals surface area contributed by atoms with Crippen molar-refractivity contribution >= 4 is 11.7 Å². The van der Waals surface area contributed by atoms with E-state index in [1.54, 1.807) is 12.3 Å². The Hall–Kier alpha value is -2.88. The first-order valence-electron chi connectivity index (χ1n) is 5.94. The lowest BCUT2D eigenvalue weighted by Crippen LogP contribution is -2.09. The summed E-state index contributed by atoms with van der Waals surface area (Å²) < 4.78 is 1.25. The second-order valence-electron chi connectivity index (χ2n) is 4.32. The van der Waals surface area contributed by atoms with Crippen molar-refractivity contribution in [3.63, 3.8) is 0 Å². The van der Waals surface area contributed by atoms with Crippen LogP contribution in [0.25, 0.3) is 0 Å². The number of benzene rings is 1. The van der Waals surface area contributed by atoms with E-state index in [0.717, 1.165) is 11.3 Å². The normalized spacial score (nSPS) is 10.0. The fraction of sp³-hybridized carbons (Fsp3) is 0.231. The van der Waals surface area contributed by atoms with Crippen LogP contribution < -0.4 is 5.32 Å². The molecule has 0 aliphatic carbocycles. The average Bonchev–Trinajstić information content (AvgIpc) is 2.83. The van der Waals surface area contributed by atoms with Crippen LogP contribution in [0, 0.1) is 18.3 Å². The monoisotopic (exact) mass is 271 g/mol. The van der Waals surface area contributed by atoms with Crippen LogP contribution >= 0.6 is 0 Å². The number of nitrogens with one attached hydrogen (secondary N) is 1. The molecule has 0 amide bonds. The summed E-state index contributed by atoms with van der Waals surface area (Å²) in [6.07, 6.45) is 1.56. The van der Waals surface area contributed by atoms with Crippen molar-refractivity contribution in [2.45, 2.75) is 20.0 Å². The molecular weight excluding hydrogens is 258 g/mol. The minimum atomic E-state index is -0.972. The third-order valence-electron chi connectivity index (χ3n) is 2.64. The molecule has 0 saturated carbocycles. The number of hydrogen-bond acceptors (Lipinski definition) is 5. The van der Waals surface area contributed by atoms with Gasteiger partial charge in [0.1, 0.15) is 18.3 Å². The first-order valence-corrected chi connectivity index (χ1v) is 5.94. The van der Waals surface area contributed by atoms with Crippen LogP contribution in [0.2, 0.25) is 0 Å². The molecule has 0 fully saturated rings. The van der Waals surface area contributed by atoms with Crippen LogP contribution in [0.5, 0.6) is 0 Å². The van der Waals surface area contributed by atoms with Gasteiger partial charge >= 0.3 is 5.97 Å². The van der Waals surface area contributed by atoms with Crippen molar-refractivity contribution in [1.29, 1.82) is 5.26 Å². The van der Waals surface area contributed by atoms with E-state index in [1.165, 1.54) is 4.68 Å². The van der Waals surface area contributed by atoms with E-state index in [0.29, 0.717) is 17.8 Å². The summed E-state index contributed by atoms with van der Waals surface area (Å²) in [7, 11) is 0. The highest BCUT2D eigenvalue weighted by Crippen LogP contribution is 2.17. The summed E-state index contributed by atoms with van der Waals surface area (Å²) in [5.41, 5.74) is 2.92. The van der Waals surface area contributed by atoms with Crippen molar-refractivity contribution < 1.29 is 9.90 Å². The number of rotatable bonds is 5. The molecule has 2 rings (SSSR count). The highest BCUT2D eigenvalue weighted by molar-refractivity contribution is 5.66. The fourth-order valence-electron chi connectivity index (χ4n) is 1.72. The third-order valence-corrected chi connectivity index (χ3v) is 2.64. The van der Waals surface area contributed by atoms with Gasteiger partial charge in [-0.25, -0.2) is 4.68 Å². The number of carboxylic acids is 1. The third kappa shape index (κ3) is 3.32. The Morgan fingerprint density at radius 3 is 3.05 bits per heavy atom. The van der Waals surface area contributed by atoms with Crippen LogP contribution in [0.3, 0.4) is 0 Å². The summed E-state index contributed by atoms with van der Waals surface area (Å²) in [5, 5.41) is 28.3. The van der Waals surface area contributed by atoms with Gasteiger partial charge < -0.3 is 10.4 Å². The van der Waals surface area contributed by atoms with Crippen LogP contribution in [-0.2, 0) is 17.9 Å². The van der Waals surface area contributed by atoms with Gasteiger partial charge in [0.15, 0.2) is 0 Å². The molecule has 0 spiro atoms. The summed E-state index contributed by atoms with van der Waals surface area (Å²) >= 11 is 0. The van der Waals surface area contributed by atoms with Gasteiger partial charge in [-0.1, -0.05) is 11.3 Å². The first kappa shape index (κ1) is 13.5. The van der Waals surface area contributed by atoms with E-state index in [9.17, 15) is 4.79 Å². The van der Waals surface area contributed by atoms with Crippen molar-refractivity contribution in [2.24, 2.45) is 0 Å². The lowest BCUT2D eigenvalue weighted by molar-refractivity contribution is -0.137. The molecule has 0 radical (unpaired) electrons. The van der Waals surface area contributed by atoms with Gasteiger partial charge in [0.25, 0.3) is 0 Å². The number of aromatic nitrogens is 3. The zero-order valence-corrected chi connectivity index (χ0v) is 10.9. The number of anilines is 1. The lowest BCUT2D eigenvalue weighted by atomic mass is 10.1. The summed E-state index contributed by atoms with van der Waals surface area (Å²) in [5.74, 6) is -0.972. The minimum Gasteiger partial charge on any atom is -0.480 e. The second-order valence-corrected chi connectivity index (χ2v) is 4.32. The van der Waals surface area contributed by atoms with E-state index >= 15 is 0 Å². The maximum absolute atomic E-state index is 10.5. The Labute approximate surface area is 115 Å². The zero-order chi connectivity index (χ0) is 14.5. The summed E-state index contributed by atoms with van der Waals surface area (Å²) in [4.78, 5) is 10.5. The van der Waals surface area contributed by atoms with Crippen LogP contribution in [0.4, 0.5) is 5.69 Å². The predicted octanol–water partition coefficient (Wildman–Crippen LogP) is 1.15. The van der Waals surface area contributed by atoms with Crippen LogP contribution in [0.1, 0.15) is 16.8 Å². The molecule has 1 aromatic carbocycles. The van der Waals surface area contributed by atoms with E-state index in [2.05, 4.69) is 21.7 Å². The number of hydrogen-bond donors (Lipinski definition) is 2. The van der Waals surface area contributed by atoms with E-state index < -0.39 is 5.97 Å². The molecule has 7 nitrogen and oxygen atoms in total. The van der Waals surface area contributed by atoms with Gasteiger partial charge in [0.2, 0.25) is 0 Å². The largest absolute Gasteiger partial charge is 0.480 e. The van der Waals surface area contributed by atoms with Gasteiger partial charge in [0.05, 0.1) is 24.0 Å². The summed E-state index contributed by atoms with van der Waals surface area (Å²) in [6.45, 7) is 2.09. The maximum Gasteiger partial charge on any atom is 0.325 e. The van der Waals surface area contributed by atoms with Gasteiger partial charge in [-0.15, -0.1) is 5.10 Å². The van der Waals surface area contributed by atoms with Crippen molar-refractivity contribution in [3.05, 3.63) is 41.2 Å². The second kappa shape index (κ2) is 5.84. The molecular formula is C13H13N5O2. The van der Waals surface area contributed by atoms with Gasteiger partial charge in [-0.3, -0.25) is 4.79 Å². The highest BCUT2D eigenvalue weighted by atomic mass is 16.4. The average molecular weight is 271 g/mol. The van der Waals surface area contributed by atoms with Crippen molar-refractivity contribution in [2.75, 3.05) is 5.32 Å². The minimum absolute atomic E-state index is 0.221. The van der Waals surface area contributed by atoms with Crippen molar-refractivity contribution in [3.8, 4) is 6.07 Å². The van der Waals surface area contributed by atoms with E-state index in [-0.39, 0.29) is 6.54 Å². The predicted molar refractivity (Wildman–Crippen MR) is 70.9 cm³/mol. The maximum atomic E-state index is 10.5. The standard InChI is InChI=1S/C13H13N5O2/c1-9-2-3-10(5-14)12(4-9)15-6-11-7-18(17-16-11)8-13(19)20/h2-4,7,15H,6,8H2,1H3,(H,19,20). The number of nitriles is 1. The lowest BCUT2D eigenvalue weighted by Gasteiger charge is -2.07. The number of aryl methyl sites for hydroxylation is 1. The molecule has 0 atom stereocenters. The Kier molecular flexibility index (Phi) is 3.96. The Morgan fingerprint density at radius 1 is 1.55 bits per heavy atom. The SMILES string of the molecule is Cc1ccc(C#N)c(NCc2cn(CC(=O)O)nn2)c1. The molecule has 1 heterocycles. The molecule has 0 bridgehead atoms. The molecule has 0 aliphatic heterocycles. The molecule has 2 aromatic rings. The number of carboxylic acid groups (broad SMARTS) is 1. The van der Waals surface area contributed by atoms with Crippen molar-refractivity contribution in [1.82, 2.24) is 15.0 Å². The summed E-state index contributed by atoms with van der Waals surface area (Å²) in [6, 6.07) is 7.60. The van der Waals surface area contributed by atoms with E-state index in [1.807, 2.05) is 19.1 Å². The highest BCUT2D eigenvalue weighted by Gasteiger charge is 2.06. The smallest absolute Gasteiger partial charge is 0.325 e. The van der Waals surface area contributed by atoms with Crippen LogP contribution in [-0.4, -0.2) is 26.1 Å². The Balaban J connectivity index is 2.05. The van der Waals surface area contributed by atoms with Gasteiger partial charge in [-0.05, 0) is 24.6 Å². The van der Waals surface area contributed by atoms with Gasteiger partial charge in [0, 0.05) is 0 Å². The molecule has 1 aromatic heterocycles. The van der Waals surface area contributed by atoms with E-state index in [4.69, 9.17) is 10.4 Å². The molecule has 0 saturated heterocycles. The number of nitrogens with zero attached hydrogens (tertiary/aromatic N) is 4. The quantitative estimate of drug-likeness (QED) is 0.845. The number of carbonyl (C=O) groups is 1. The topological polar surface area (TPSA) is 104 Å².